The summed E-state index contributed by atoms with van der Waals surface area (Å²) in [7, 11) is 1.34. The molecule has 0 heterocycles. The molecule has 0 aliphatic carbocycles. The number of benzene rings is 2. The third-order valence-electron chi connectivity index (χ3n) is 3.08. The van der Waals surface area contributed by atoms with Gasteiger partial charge in [0.15, 0.2) is 11.6 Å². The van der Waals surface area contributed by atoms with E-state index in [0.29, 0.717) is 0 Å². The summed E-state index contributed by atoms with van der Waals surface area (Å²) >= 11 is 5.89. The van der Waals surface area contributed by atoms with Gasteiger partial charge in [-0.05, 0) is 23.8 Å². The molecule has 0 saturated carbocycles. The summed E-state index contributed by atoms with van der Waals surface area (Å²) in [6.45, 7) is -0.243. The number of hydrogen-bond acceptors (Lipinski definition) is 5. The molecule has 8 heteroatoms. The first-order valence-electron chi connectivity index (χ1n) is 6.50. The Hall–Kier alpha value is -2.38. The summed E-state index contributed by atoms with van der Waals surface area (Å²) in [5, 5.41) is 20.9. The molecule has 1 unspecified atom stereocenters. The van der Waals surface area contributed by atoms with Crippen molar-refractivity contribution in [3.63, 3.8) is 0 Å². The van der Waals surface area contributed by atoms with E-state index in [4.69, 9.17) is 21.1 Å². The van der Waals surface area contributed by atoms with Gasteiger partial charge in [-0.1, -0.05) is 17.7 Å². The summed E-state index contributed by atoms with van der Waals surface area (Å²) in [4.78, 5) is 10.1. The van der Waals surface area contributed by atoms with Crippen LogP contribution in [0.2, 0.25) is 5.02 Å². The zero-order valence-corrected chi connectivity index (χ0v) is 12.8. The van der Waals surface area contributed by atoms with Crippen molar-refractivity contribution in [2.45, 2.75) is 6.10 Å². The largest absolute Gasteiger partial charge is 0.494 e. The number of ether oxygens (including phenoxy) is 2. The van der Waals surface area contributed by atoms with E-state index < -0.39 is 16.8 Å². The normalized spacial score (nSPS) is 11.8. The van der Waals surface area contributed by atoms with Crippen molar-refractivity contribution >= 4 is 17.3 Å². The fourth-order valence-electron chi connectivity index (χ4n) is 1.87. The highest BCUT2D eigenvalue weighted by atomic mass is 35.5. The van der Waals surface area contributed by atoms with Crippen molar-refractivity contribution in [3.8, 4) is 11.5 Å². The van der Waals surface area contributed by atoms with Gasteiger partial charge in [0.05, 0.1) is 23.1 Å². The molecule has 0 amide bonds. The van der Waals surface area contributed by atoms with E-state index in [1.165, 1.54) is 31.4 Å². The van der Waals surface area contributed by atoms with Crippen LogP contribution in [-0.2, 0) is 0 Å². The summed E-state index contributed by atoms with van der Waals surface area (Å²) in [6, 6.07) is 7.73. The van der Waals surface area contributed by atoms with Crippen molar-refractivity contribution in [2.75, 3.05) is 13.7 Å². The Balaban J connectivity index is 2.10. The fraction of sp³-hybridized carbons (Fsp3) is 0.200. The Morgan fingerprint density at radius 3 is 2.65 bits per heavy atom. The number of nitro groups is 1. The van der Waals surface area contributed by atoms with Gasteiger partial charge in [-0.15, -0.1) is 0 Å². The number of non-ortho nitro benzene ring substituents is 1. The van der Waals surface area contributed by atoms with Gasteiger partial charge in [-0.25, -0.2) is 4.39 Å². The summed E-state index contributed by atoms with van der Waals surface area (Å²) < 4.78 is 23.7. The molecule has 0 radical (unpaired) electrons. The van der Waals surface area contributed by atoms with E-state index in [1.807, 2.05) is 0 Å². The zero-order chi connectivity index (χ0) is 17.0. The molecule has 0 aliphatic heterocycles. The van der Waals surface area contributed by atoms with Gasteiger partial charge in [0.1, 0.15) is 18.5 Å². The Morgan fingerprint density at radius 2 is 2.04 bits per heavy atom. The number of rotatable bonds is 6. The van der Waals surface area contributed by atoms with Crippen LogP contribution >= 0.6 is 11.6 Å². The minimum atomic E-state index is -1.13. The number of aliphatic hydroxyl groups is 1. The Bertz CT molecular complexity index is 725. The average Bonchev–Trinajstić information content (AvgIpc) is 2.53. The van der Waals surface area contributed by atoms with Crippen LogP contribution in [0.4, 0.5) is 10.1 Å². The molecule has 6 nitrogen and oxygen atoms in total. The van der Waals surface area contributed by atoms with Crippen molar-refractivity contribution in [2.24, 2.45) is 0 Å². The maximum Gasteiger partial charge on any atom is 0.273 e. The quantitative estimate of drug-likeness (QED) is 0.642. The lowest BCUT2D eigenvalue weighted by Crippen LogP contribution is -2.10. The Morgan fingerprint density at radius 1 is 1.30 bits per heavy atom. The van der Waals surface area contributed by atoms with Gasteiger partial charge in [-0.3, -0.25) is 10.1 Å². The second kappa shape index (κ2) is 7.26. The van der Waals surface area contributed by atoms with Gasteiger partial charge in [0, 0.05) is 6.07 Å². The lowest BCUT2D eigenvalue weighted by molar-refractivity contribution is -0.384. The molecular formula is C15H13ClFNO5. The molecule has 23 heavy (non-hydrogen) atoms. The van der Waals surface area contributed by atoms with Gasteiger partial charge in [0.2, 0.25) is 0 Å². The van der Waals surface area contributed by atoms with Gasteiger partial charge in [-0.2, -0.15) is 0 Å². The van der Waals surface area contributed by atoms with Crippen LogP contribution < -0.4 is 9.47 Å². The zero-order valence-electron chi connectivity index (χ0n) is 12.0. The summed E-state index contributed by atoms with van der Waals surface area (Å²) in [5.41, 5.74) is 0.0965. The third-order valence-corrected chi connectivity index (χ3v) is 3.40. The highest BCUT2D eigenvalue weighted by Gasteiger charge is 2.15. The first-order valence-corrected chi connectivity index (χ1v) is 6.88. The molecule has 2 aromatic rings. The van der Waals surface area contributed by atoms with E-state index in [1.54, 1.807) is 0 Å². The molecule has 2 rings (SSSR count). The maximum atomic E-state index is 13.6. The van der Waals surface area contributed by atoms with Crippen LogP contribution in [-0.4, -0.2) is 23.7 Å². The number of aliphatic hydroxyl groups excluding tert-OH is 1. The highest BCUT2D eigenvalue weighted by molar-refractivity contribution is 6.32. The molecular weight excluding hydrogens is 329 g/mol. The molecule has 0 aliphatic rings. The van der Waals surface area contributed by atoms with E-state index in [0.717, 1.165) is 12.1 Å². The molecule has 0 spiro atoms. The molecule has 0 fully saturated rings. The van der Waals surface area contributed by atoms with E-state index in [-0.39, 0.29) is 34.4 Å². The minimum absolute atomic E-state index is 0.0589. The number of halogens is 2. The first kappa shape index (κ1) is 17.0. The molecule has 122 valence electrons. The molecule has 0 saturated heterocycles. The monoisotopic (exact) mass is 341 g/mol. The van der Waals surface area contributed by atoms with Crippen LogP contribution in [0, 0.1) is 15.9 Å². The SMILES string of the molecule is COc1ccc(C(O)COc2cc([N+](=O)[O-])ccc2Cl)cc1F. The molecule has 0 aromatic heterocycles. The molecule has 2 aromatic carbocycles. The number of nitro benzene ring substituents is 1. The molecule has 1 N–H and O–H groups in total. The minimum Gasteiger partial charge on any atom is -0.494 e. The van der Waals surface area contributed by atoms with Crippen molar-refractivity contribution < 1.29 is 23.9 Å². The van der Waals surface area contributed by atoms with E-state index in [9.17, 15) is 19.6 Å². The maximum absolute atomic E-state index is 13.6. The second-order valence-corrected chi connectivity index (χ2v) is 5.00. The van der Waals surface area contributed by atoms with E-state index in [2.05, 4.69) is 0 Å². The van der Waals surface area contributed by atoms with Crippen LogP contribution in [0.1, 0.15) is 11.7 Å². The standard InChI is InChI=1S/C15H13ClFNO5/c1-22-14-5-2-9(6-12(14)17)13(19)8-23-15-7-10(18(20)21)3-4-11(15)16/h2-7,13,19H,8H2,1H3. The average molecular weight is 342 g/mol. The molecule has 1 atom stereocenters. The molecule has 0 bridgehead atoms. The van der Waals surface area contributed by atoms with Crippen LogP contribution in [0.25, 0.3) is 0 Å². The first-order chi connectivity index (χ1) is 10.9. The van der Waals surface area contributed by atoms with Gasteiger partial charge < -0.3 is 14.6 Å². The third kappa shape index (κ3) is 4.08. The Labute approximate surface area is 136 Å². The topological polar surface area (TPSA) is 81.8 Å². The van der Waals surface area contributed by atoms with Crippen molar-refractivity contribution in [1.29, 1.82) is 0 Å². The predicted octanol–water partition coefficient (Wildman–Crippen LogP) is 3.51. The summed E-state index contributed by atoms with van der Waals surface area (Å²) in [6.07, 6.45) is -1.13. The second-order valence-electron chi connectivity index (χ2n) is 4.59. The Kier molecular flexibility index (Phi) is 5.36. The number of methoxy groups -OCH3 is 1. The number of nitrogens with zero attached hydrogens (tertiary/aromatic N) is 1. The summed E-state index contributed by atoms with van der Waals surface area (Å²) in [5.74, 6) is -0.491. The lowest BCUT2D eigenvalue weighted by atomic mass is 10.1. The lowest BCUT2D eigenvalue weighted by Gasteiger charge is -2.14. The van der Waals surface area contributed by atoms with Crippen molar-refractivity contribution in [3.05, 3.63) is 62.9 Å². The van der Waals surface area contributed by atoms with Crippen molar-refractivity contribution in [1.82, 2.24) is 0 Å². The van der Waals surface area contributed by atoms with Crippen LogP contribution in [0.15, 0.2) is 36.4 Å². The number of hydrogen-bond donors (Lipinski definition) is 1. The smallest absolute Gasteiger partial charge is 0.273 e. The highest BCUT2D eigenvalue weighted by Crippen LogP contribution is 2.30. The van der Waals surface area contributed by atoms with Crippen LogP contribution in [0.5, 0.6) is 11.5 Å². The van der Waals surface area contributed by atoms with Gasteiger partial charge in [0.25, 0.3) is 5.69 Å². The van der Waals surface area contributed by atoms with E-state index >= 15 is 0 Å². The predicted molar refractivity (Wildman–Crippen MR) is 81.5 cm³/mol. The van der Waals surface area contributed by atoms with Gasteiger partial charge >= 0.3 is 0 Å². The van der Waals surface area contributed by atoms with Crippen LogP contribution in [0.3, 0.4) is 0 Å². The fourth-order valence-corrected chi connectivity index (χ4v) is 2.04.